The zero-order valence-electron chi connectivity index (χ0n) is 6.36. The molecule has 0 unspecified atom stereocenters. The lowest BCUT2D eigenvalue weighted by atomic mass is 10.1. The van der Waals surface area contributed by atoms with Crippen LogP contribution in [0, 0.1) is 12.3 Å². The zero-order valence-corrected chi connectivity index (χ0v) is 6.36. The minimum atomic E-state index is 0.871. The number of fused-ring (bicyclic) bond motifs is 1. The molecule has 2 nitrogen and oxygen atoms in total. The Balaban J connectivity index is 2.78. The molecule has 2 aromatic rings. The van der Waals surface area contributed by atoms with Gasteiger partial charge in [-0.05, 0) is 24.3 Å². The first-order valence-corrected chi connectivity index (χ1v) is 3.58. The molecule has 56 valence electrons. The standard InChI is InChI=1S/C10H6N2/c1-2-8-3-4-10-9(7-8)5-6-11-12-10/h1,3-7H. The Morgan fingerprint density at radius 2 is 2.17 bits per heavy atom. The number of terminal acetylenes is 1. The van der Waals surface area contributed by atoms with Crippen LogP contribution in [0.4, 0.5) is 0 Å². The highest BCUT2D eigenvalue weighted by Crippen LogP contribution is 2.10. The largest absolute Gasteiger partial charge is 0.159 e. The van der Waals surface area contributed by atoms with Crippen LogP contribution in [0.5, 0.6) is 0 Å². The van der Waals surface area contributed by atoms with Crippen LogP contribution in [0.3, 0.4) is 0 Å². The third-order valence-electron chi connectivity index (χ3n) is 1.68. The molecule has 0 aliphatic carbocycles. The molecule has 0 bridgehead atoms. The van der Waals surface area contributed by atoms with Gasteiger partial charge in [-0.15, -0.1) is 6.42 Å². The van der Waals surface area contributed by atoms with Crippen molar-refractivity contribution in [1.82, 2.24) is 10.2 Å². The minimum absolute atomic E-state index is 0.871. The summed E-state index contributed by atoms with van der Waals surface area (Å²) in [6.07, 6.45) is 6.91. The Hall–Kier alpha value is -1.88. The van der Waals surface area contributed by atoms with Gasteiger partial charge in [-0.2, -0.15) is 10.2 Å². The van der Waals surface area contributed by atoms with Gasteiger partial charge < -0.3 is 0 Å². The molecule has 0 fully saturated rings. The molecule has 0 spiro atoms. The summed E-state index contributed by atoms with van der Waals surface area (Å²) in [5.74, 6) is 2.57. The lowest BCUT2D eigenvalue weighted by Crippen LogP contribution is -1.82. The predicted molar refractivity (Wildman–Crippen MR) is 47.5 cm³/mol. The molecule has 12 heavy (non-hydrogen) atoms. The molecule has 1 aromatic carbocycles. The van der Waals surface area contributed by atoms with Crippen LogP contribution in [-0.4, -0.2) is 10.2 Å². The first-order chi connectivity index (χ1) is 5.90. The summed E-state index contributed by atoms with van der Waals surface area (Å²) in [4.78, 5) is 0. The summed E-state index contributed by atoms with van der Waals surface area (Å²) in [6.45, 7) is 0. The van der Waals surface area contributed by atoms with Crippen LogP contribution in [0.25, 0.3) is 10.9 Å². The number of rotatable bonds is 0. The van der Waals surface area contributed by atoms with E-state index >= 15 is 0 Å². The van der Waals surface area contributed by atoms with Crippen LogP contribution in [0.1, 0.15) is 5.56 Å². The highest BCUT2D eigenvalue weighted by molar-refractivity contribution is 5.79. The Kier molecular flexibility index (Phi) is 1.49. The topological polar surface area (TPSA) is 25.8 Å². The average Bonchev–Trinajstić information content (AvgIpc) is 2.17. The average molecular weight is 154 g/mol. The third kappa shape index (κ3) is 1.02. The smallest absolute Gasteiger partial charge is 0.0930 e. The van der Waals surface area contributed by atoms with E-state index in [1.807, 2.05) is 24.3 Å². The van der Waals surface area contributed by atoms with Crippen LogP contribution >= 0.6 is 0 Å². The second kappa shape index (κ2) is 2.63. The van der Waals surface area contributed by atoms with Crippen molar-refractivity contribution in [3.8, 4) is 12.3 Å². The van der Waals surface area contributed by atoms with Crippen molar-refractivity contribution in [2.24, 2.45) is 0 Å². The Bertz CT molecular complexity index is 455. The number of hydrogen-bond acceptors (Lipinski definition) is 2. The molecule has 0 aliphatic heterocycles. The molecule has 1 aromatic heterocycles. The Labute approximate surface area is 70.2 Å². The molecule has 1 heterocycles. The number of aromatic nitrogens is 2. The SMILES string of the molecule is C#Cc1ccc2nnccc2c1. The fraction of sp³-hybridized carbons (Fsp3) is 0. The summed E-state index contributed by atoms with van der Waals surface area (Å²) in [5, 5.41) is 8.73. The molecule has 0 radical (unpaired) electrons. The molecule has 0 N–H and O–H groups in total. The van der Waals surface area contributed by atoms with Gasteiger partial charge in [-0.1, -0.05) is 5.92 Å². The maximum absolute atomic E-state index is 5.25. The van der Waals surface area contributed by atoms with E-state index in [1.165, 1.54) is 0 Å². The summed E-state index contributed by atoms with van der Waals surface area (Å²) in [5.41, 5.74) is 1.74. The van der Waals surface area contributed by atoms with E-state index in [-0.39, 0.29) is 0 Å². The van der Waals surface area contributed by atoms with Crippen molar-refractivity contribution in [2.45, 2.75) is 0 Å². The number of hydrogen-bond donors (Lipinski definition) is 0. The van der Waals surface area contributed by atoms with Crippen molar-refractivity contribution in [3.05, 3.63) is 36.0 Å². The van der Waals surface area contributed by atoms with Gasteiger partial charge in [0, 0.05) is 10.9 Å². The van der Waals surface area contributed by atoms with Crippen molar-refractivity contribution >= 4 is 10.9 Å². The first-order valence-electron chi connectivity index (χ1n) is 3.58. The molecule has 0 saturated carbocycles. The van der Waals surface area contributed by atoms with E-state index in [1.54, 1.807) is 6.20 Å². The Morgan fingerprint density at radius 3 is 3.00 bits per heavy atom. The lowest BCUT2D eigenvalue weighted by molar-refractivity contribution is 1.08. The molecule has 0 aliphatic rings. The molecular formula is C10H6N2. The van der Waals surface area contributed by atoms with Gasteiger partial charge in [-0.25, -0.2) is 0 Å². The van der Waals surface area contributed by atoms with Crippen LogP contribution in [-0.2, 0) is 0 Å². The van der Waals surface area contributed by atoms with Gasteiger partial charge in [0.2, 0.25) is 0 Å². The Morgan fingerprint density at radius 1 is 1.25 bits per heavy atom. The van der Waals surface area contributed by atoms with E-state index in [9.17, 15) is 0 Å². The molecule has 2 heteroatoms. The monoisotopic (exact) mass is 154 g/mol. The molecule has 0 amide bonds. The third-order valence-corrected chi connectivity index (χ3v) is 1.68. The van der Waals surface area contributed by atoms with Gasteiger partial charge in [0.15, 0.2) is 0 Å². The second-order valence-electron chi connectivity index (χ2n) is 2.45. The highest BCUT2D eigenvalue weighted by Gasteiger charge is 1.93. The van der Waals surface area contributed by atoms with Crippen LogP contribution < -0.4 is 0 Å². The maximum Gasteiger partial charge on any atom is 0.0930 e. The lowest BCUT2D eigenvalue weighted by Gasteiger charge is -1.94. The molecule has 2 rings (SSSR count). The van der Waals surface area contributed by atoms with E-state index in [0.717, 1.165) is 16.5 Å². The first kappa shape index (κ1) is 6.81. The van der Waals surface area contributed by atoms with Crippen LogP contribution in [0.2, 0.25) is 0 Å². The summed E-state index contributed by atoms with van der Waals surface area (Å²) >= 11 is 0. The highest BCUT2D eigenvalue weighted by atomic mass is 15.1. The number of nitrogens with zero attached hydrogens (tertiary/aromatic N) is 2. The van der Waals surface area contributed by atoms with E-state index in [0.29, 0.717) is 0 Å². The van der Waals surface area contributed by atoms with Gasteiger partial charge in [0.25, 0.3) is 0 Å². The minimum Gasteiger partial charge on any atom is -0.159 e. The van der Waals surface area contributed by atoms with E-state index < -0.39 is 0 Å². The quantitative estimate of drug-likeness (QED) is 0.539. The predicted octanol–water partition coefficient (Wildman–Crippen LogP) is 1.61. The van der Waals surface area contributed by atoms with Crippen LogP contribution in [0.15, 0.2) is 30.5 Å². The van der Waals surface area contributed by atoms with E-state index in [2.05, 4.69) is 16.1 Å². The van der Waals surface area contributed by atoms with Crippen molar-refractivity contribution in [2.75, 3.05) is 0 Å². The summed E-state index contributed by atoms with van der Waals surface area (Å²) < 4.78 is 0. The number of benzene rings is 1. The second-order valence-corrected chi connectivity index (χ2v) is 2.45. The normalized spacial score (nSPS) is 9.58. The van der Waals surface area contributed by atoms with Gasteiger partial charge >= 0.3 is 0 Å². The fourth-order valence-electron chi connectivity index (χ4n) is 1.08. The van der Waals surface area contributed by atoms with Crippen molar-refractivity contribution in [3.63, 3.8) is 0 Å². The van der Waals surface area contributed by atoms with Gasteiger partial charge in [0.1, 0.15) is 0 Å². The molecule has 0 atom stereocenters. The zero-order chi connectivity index (χ0) is 8.39. The fourth-order valence-corrected chi connectivity index (χ4v) is 1.08. The summed E-state index contributed by atoms with van der Waals surface area (Å²) in [6, 6.07) is 7.54. The van der Waals surface area contributed by atoms with Crippen molar-refractivity contribution < 1.29 is 0 Å². The van der Waals surface area contributed by atoms with Crippen molar-refractivity contribution in [1.29, 1.82) is 0 Å². The summed E-state index contributed by atoms with van der Waals surface area (Å²) in [7, 11) is 0. The molecule has 0 saturated heterocycles. The molecular weight excluding hydrogens is 148 g/mol. The van der Waals surface area contributed by atoms with E-state index in [4.69, 9.17) is 6.42 Å². The van der Waals surface area contributed by atoms with Gasteiger partial charge in [0.05, 0.1) is 11.7 Å². The van der Waals surface area contributed by atoms with Gasteiger partial charge in [-0.3, -0.25) is 0 Å². The maximum atomic E-state index is 5.25.